The van der Waals surface area contributed by atoms with Crippen LogP contribution in [0, 0.1) is 29.6 Å². The molecule has 5 aliphatic carbocycles. The van der Waals surface area contributed by atoms with Gasteiger partial charge in [-0.25, -0.2) is 0 Å². The summed E-state index contributed by atoms with van der Waals surface area (Å²) in [6.45, 7) is 4.73. The van der Waals surface area contributed by atoms with E-state index in [9.17, 15) is 0 Å². The fourth-order valence-corrected chi connectivity index (χ4v) is 15.7. The maximum Gasteiger partial charge on any atom is 0.142 e. The van der Waals surface area contributed by atoms with Crippen molar-refractivity contribution in [1.29, 1.82) is 0 Å². The molecule has 0 atom stereocenters. The molecule has 0 heterocycles. The van der Waals surface area contributed by atoms with E-state index in [2.05, 4.69) is 226 Å². The van der Waals surface area contributed by atoms with Crippen LogP contribution in [0.15, 0.2) is 194 Å². The SMILES string of the molecule is Bc1cc2c(CCC(C)C)cc3c(N(c4ccccc4)c4ccc5ccccc5c4)ccc4ccc(c1N(c1ccc5c(c1)-c1ccccc1C51C5CC6CC(C5)CC1C6)c1cccc5ccccc15)c2c43. The Labute approximate surface area is 424 Å². The lowest BCUT2D eigenvalue weighted by molar-refractivity contribution is -0.0399. The quantitative estimate of drug-likeness (QED) is 0.105. The average molecular weight is 927 g/mol. The second kappa shape index (κ2) is 16.1. The largest absolute Gasteiger partial charge is 0.310 e. The first kappa shape index (κ1) is 42.3. The zero-order valence-corrected chi connectivity index (χ0v) is 41.7. The lowest BCUT2D eigenvalue weighted by atomic mass is 9.43. The summed E-state index contributed by atoms with van der Waals surface area (Å²) in [4.78, 5) is 5.16. The van der Waals surface area contributed by atoms with Crippen LogP contribution in [0.3, 0.4) is 0 Å². The third-order valence-electron chi connectivity index (χ3n) is 18.4. The van der Waals surface area contributed by atoms with Crippen LogP contribution in [0.1, 0.15) is 69.1 Å². The van der Waals surface area contributed by atoms with Gasteiger partial charge in [0, 0.05) is 44.3 Å². The first-order chi connectivity index (χ1) is 35.4. The van der Waals surface area contributed by atoms with Crippen LogP contribution >= 0.6 is 0 Å². The molecule has 2 nitrogen and oxygen atoms in total. The molecule has 0 radical (unpaired) electrons. The Morgan fingerprint density at radius 1 is 0.458 bits per heavy atom. The van der Waals surface area contributed by atoms with Crippen LogP contribution in [-0.4, -0.2) is 7.85 Å². The topological polar surface area (TPSA) is 6.48 Å². The third-order valence-corrected chi connectivity index (χ3v) is 18.4. The van der Waals surface area contributed by atoms with Gasteiger partial charge < -0.3 is 9.80 Å². The molecule has 72 heavy (non-hydrogen) atoms. The van der Waals surface area contributed by atoms with Crippen molar-refractivity contribution in [3.63, 3.8) is 0 Å². The van der Waals surface area contributed by atoms with Crippen LogP contribution in [0.2, 0.25) is 0 Å². The third kappa shape index (κ3) is 6.16. The first-order valence-electron chi connectivity index (χ1n) is 27.0. The van der Waals surface area contributed by atoms with Crippen molar-refractivity contribution in [3.05, 3.63) is 211 Å². The Morgan fingerprint density at radius 3 is 1.93 bits per heavy atom. The van der Waals surface area contributed by atoms with E-state index in [4.69, 9.17) is 0 Å². The van der Waals surface area contributed by atoms with Crippen LogP contribution in [-0.2, 0) is 11.8 Å². The Morgan fingerprint density at radius 2 is 1.11 bits per heavy atom. The maximum absolute atomic E-state index is 2.66. The van der Waals surface area contributed by atoms with Gasteiger partial charge in [-0.3, -0.25) is 0 Å². The fraction of sp³-hybridized carbons (Fsp3) is 0.217. The highest BCUT2D eigenvalue weighted by Crippen LogP contribution is 2.69. The normalized spacial score (nSPS) is 20.7. The summed E-state index contributed by atoms with van der Waals surface area (Å²) in [5.74, 6) is 3.86. The molecule has 0 N–H and O–H groups in total. The van der Waals surface area contributed by atoms with Gasteiger partial charge in [0.1, 0.15) is 7.85 Å². The van der Waals surface area contributed by atoms with Crippen molar-refractivity contribution < 1.29 is 0 Å². The molecule has 0 amide bonds. The molecule has 3 heteroatoms. The number of benzene rings is 11. The monoisotopic (exact) mass is 926 g/mol. The molecule has 4 saturated carbocycles. The molecule has 5 aliphatic rings. The lowest BCUT2D eigenvalue weighted by Gasteiger charge is -2.61. The van der Waals surface area contributed by atoms with Gasteiger partial charge in [0.05, 0.1) is 11.4 Å². The second-order valence-corrected chi connectivity index (χ2v) is 22.8. The molecule has 348 valence electrons. The van der Waals surface area contributed by atoms with Gasteiger partial charge in [0.25, 0.3) is 0 Å². The summed E-state index contributed by atoms with van der Waals surface area (Å²) in [6, 6.07) is 74.7. The van der Waals surface area contributed by atoms with Crippen molar-refractivity contribution in [2.75, 3.05) is 9.80 Å². The molecule has 0 aromatic heterocycles. The summed E-state index contributed by atoms with van der Waals surface area (Å²) in [6.07, 6.45) is 9.15. The highest BCUT2D eigenvalue weighted by molar-refractivity contribution is 6.42. The van der Waals surface area contributed by atoms with Crippen LogP contribution < -0.4 is 15.3 Å². The second-order valence-electron chi connectivity index (χ2n) is 22.8. The molecule has 0 aliphatic heterocycles. The minimum Gasteiger partial charge on any atom is -0.310 e. The van der Waals surface area contributed by atoms with E-state index in [1.54, 1.807) is 11.1 Å². The van der Waals surface area contributed by atoms with Gasteiger partial charge in [-0.05, 0) is 195 Å². The van der Waals surface area contributed by atoms with Crippen molar-refractivity contribution in [2.45, 2.75) is 64.2 Å². The van der Waals surface area contributed by atoms with Crippen LogP contribution in [0.4, 0.5) is 34.1 Å². The summed E-state index contributed by atoms with van der Waals surface area (Å²) in [7, 11) is 2.38. The standard InChI is InChI=1S/C69H59BN2/c1-42(2)23-24-49-39-60-65(71(52-17-4-3-5-18-52)53-28-25-45-13-6-7-15-48(45)38-53)32-27-47-26-30-57-67(66(47)60)58(49)41-63(70)68(57)72(64-22-12-16-46-14-8-9-19-55(46)64)54-29-31-62-59(40-54)56-20-10-11-21-61(56)69(62)50-34-43-33-44(36-50)37-51(69)35-43/h3-22,25-32,38-44,50-51H,23-24,33-37,70H2,1-2H3. The van der Waals surface area contributed by atoms with Gasteiger partial charge in [-0.15, -0.1) is 0 Å². The molecule has 4 fully saturated rings. The molecule has 16 rings (SSSR count). The van der Waals surface area contributed by atoms with Gasteiger partial charge in [0.2, 0.25) is 0 Å². The lowest BCUT2D eigenvalue weighted by Crippen LogP contribution is -2.55. The molecular weight excluding hydrogens is 868 g/mol. The smallest absolute Gasteiger partial charge is 0.142 e. The molecule has 0 saturated heterocycles. The highest BCUT2D eigenvalue weighted by atomic mass is 15.2. The Kier molecular flexibility index (Phi) is 9.45. The summed E-state index contributed by atoms with van der Waals surface area (Å²) in [5, 5.41) is 12.9. The predicted molar refractivity (Wildman–Crippen MR) is 309 cm³/mol. The molecule has 4 bridgehead atoms. The molecule has 11 aromatic rings. The Bertz CT molecular complexity index is 3930. The van der Waals surface area contributed by atoms with E-state index in [0.29, 0.717) is 5.92 Å². The van der Waals surface area contributed by atoms with E-state index in [1.165, 1.54) is 131 Å². The van der Waals surface area contributed by atoms with E-state index < -0.39 is 0 Å². The minimum atomic E-state index is 0.121. The van der Waals surface area contributed by atoms with Crippen LogP contribution in [0.5, 0.6) is 0 Å². The Hall–Kier alpha value is -7.36. The minimum absolute atomic E-state index is 0.121. The number of fused-ring (bicyclic) bond motifs is 5. The van der Waals surface area contributed by atoms with E-state index in [1.807, 2.05) is 0 Å². The van der Waals surface area contributed by atoms with Gasteiger partial charge in [0.15, 0.2) is 0 Å². The van der Waals surface area contributed by atoms with E-state index in [-0.39, 0.29) is 5.41 Å². The number of para-hydroxylation sites is 1. The molecular formula is C69H59BN2. The summed E-state index contributed by atoms with van der Waals surface area (Å²) < 4.78 is 0. The first-order valence-corrected chi connectivity index (χ1v) is 27.0. The number of anilines is 6. The van der Waals surface area contributed by atoms with Crippen molar-refractivity contribution in [3.8, 4) is 11.1 Å². The van der Waals surface area contributed by atoms with E-state index >= 15 is 0 Å². The van der Waals surface area contributed by atoms with Crippen molar-refractivity contribution in [2.24, 2.45) is 29.6 Å². The van der Waals surface area contributed by atoms with Crippen LogP contribution in [0.25, 0.3) is 65.0 Å². The van der Waals surface area contributed by atoms with Gasteiger partial charge in [-0.1, -0.05) is 159 Å². The summed E-state index contributed by atoms with van der Waals surface area (Å²) in [5.41, 5.74) is 16.2. The number of rotatable bonds is 9. The molecule has 11 aromatic carbocycles. The summed E-state index contributed by atoms with van der Waals surface area (Å²) >= 11 is 0. The molecule has 1 spiro atoms. The molecule has 0 unspecified atom stereocenters. The average Bonchev–Trinajstić information content (AvgIpc) is 3.70. The van der Waals surface area contributed by atoms with Gasteiger partial charge in [-0.2, -0.15) is 0 Å². The van der Waals surface area contributed by atoms with Crippen molar-refractivity contribution >= 4 is 101 Å². The fourth-order valence-electron chi connectivity index (χ4n) is 15.7. The zero-order chi connectivity index (χ0) is 47.8. The maximum atomic E-state index is 2.66. The predicted octanol–water partition coefficient (Wildman–Crippen LogP) is 17.4. The Balaban J connectivity index is 1.00. The van der Waals surface area contributed by atoms with E-state index in [0.717, 1.165) is 47.9 Å². The highest BCUT2D eigenvalue weighted by Gasteiger charge is 2.61. The number of aryl methyl sites for hydroxylation is 1. The zero-order valence-electron chi connectivity index (χ0n) is 41.7. The van der Waals surface area contributed by atoms with Gasteiger partial charge >= 0.3 is 0 Å². The number of hydrogen-bond acceptors (Lipinski definition) is 2. The number of hydrogen-bond donors (Lipinski definition) is 0. The number of nitrogens with zero attached hydrogens (tertiary/aromatic N) is 2. The van der Waals surface area contributed by atoms with Crippen molar-refractivity contribution in [1.82, 2.24) is 0 Å².